The minimum atomic E-state index is 0.711. The van der Waals surface area contributed by atoms with Gasteiger partial charge in [-0.1, -0.05) is 91.0 Å². The van der Waals surface area contributed by atoms with E-state index in [4.69, 9.17) is 15.0 Å². The number of hydrogen-bond donors (Lipinski definition) is 0. The van der Waals surface area contributed by atoms with E-state index >= 15 is 0 Å². The van der Waals surface area contributed by atoms with Crippen LogP contribution >= 0.6 is 0 Å². The van der Waals surface area contributed by atoms with Gasteiger partial charge in [-0.2, -0.15) is 0 Å². The maximum absolute atomic E-state index is 5.18. The summed E-state index contributed by atoms with van der Waals surface area (Å²) in [6, 6.07) is 44.7. The number of benzene rings is 4. The van der Waals surface area contributed by atoms with Crippen molar-refractivity contribution in [1.82, 2.24) is 19.4 Å². The molecule has 0 aliphatic heterocycles. The van der Waals surface area contributed by atoms with Gasteiger partial charge in [0.1, 0.15) is 5.65 Å². The van der Waals surface area contributed by atoms with Gasteiger partial charge in [0, 0.05) is 47.9 Å². The summed E-state index contributed by atoms with van der Waals surface area (Å²) in [5.41, 5.74) is 12.8. The van der Waals surface area contributed by atoms with Gasteiger partial charge in [-0.15, -0.1) is 0 Å². The number of imidazole rings is 1. The minimum Gasteiger partial charge on any atom is -0.337 e. The maximum atomic E-state index is 5.18. The topological polar surface area (TPSA) is 46.3 Å². The van der Waals surface area contributed by atoms with Gasteiger partial charge < -0.3 is 9.30 Å². The second-order valence-corrected chi connectivity index (χ2v) is 11.7. The molecular weight excluding hydrogens is 562 g/mol. The van der Waals surface area contributed by atoms with Crippen LogP contribution in [0.15, 0.2) is 146 Å². The van der Waals surface area contributed by atoms with E-state index in [0.717, 1.165) is 75.9 Å². The second kappa shape index (κ2) is 12.3. The van der Waals surface area contributed by atoms with Gasteiger partial charge in [-0.3, -0.25) is 0 Å². The molecule has 3 aromatic heterocycles. The number of pyridine rings is 1. The van der Waals surface area contributed by atoms with Crippen LogP contribution in [0.25, 0.3) is 34.2 Å². The molecule has 1 aliphatic rings. The normalized spacial score (nSPS) is 12.3. The van der Waals surface area contributed by atoms with Crippen LogP contribution in [0.3, 0.4) is 0 Å². The summed E-state index contributed by atoms with van der Waals surface area (Å²) >= 11 is 0. The van der Waals surface area contributed by atoms with Crippen LogP contribution < -0.4 is 4.90 Å². The average Bonchev–Trinajstić information content (AvgIpc) is 3.54. The van der Waals surface area contributed by atoms with Crippen LogP contribution in [0.5, 0.6) is 0 Å². The van der Waals surface area contributed by atoms with Crippen LogP contribution in [-0.4, -0.2) is 19.4 Å². The highest BCUT2D eigenvalue weighted by Crippen LogP contribution is 2.34. The monoisotopic (exact) mass is 595 g/mol. The van der Waals surface area contributed by atoms with E-state index in [2.05, 4.69) is 131 Å². The number of aromatic nitrogens is 4. The van der Waals surface area contributed by atoms with Gasteiger partial charge in [-0.25, -0.2) is 15.0 Å². The summed E-state index contributed by atoms with van der Waals surface area (Å²) in [5, 5.41) is 0. The fourth-order valence-corrected chi connectivity index (χ4v) is 6.23. The van der Waals surface area contributed by atoms with Gasteiger partial charge in [0.2, 0.25) is 0 Å². The molecule has 1 aliphatic carbocycles. The number of rotatable bonds is 8. The van der Waals surface area contributed by atoms with Crippen molar-refractivity contribution in [3.8, 4) is 22.5 Å². The molecule has 0 amide bonds. The zero-order chi connectivity index (χ0) is 30.7. The van der Waals surface area contributed by atoms with E-state index < -0.39 is 0 Å². The number of fused-ring (bicyclic) bond motifs is 2. The lowest BCUT2D eigenvalue weighted by atomic mass is 9.99. The number of hydrogen-bond acceptors (Lipinski definition) is 4. The molecule has 7 aromatic rings. The summed E-state index contributed by atoms with van der Waals surface area (Å²) in [7, 11) is 0. The van der Waals surface area contributed by atoms with Crippen molar-refractivity contribution in [1.29, 1.82) is 0 Å². The van der Waals surface area contributed by atoms with Crippen LogP contribution in [0.1, 0.15) is 34.6 Å². The first-order chi connectivity index (χ1) is 22.8. The molecule has 222 valence electrons. The van der Waals surface area contributed by atoms with E-state index in [1.165, 1.54) is 11.1 Å². The first kappa shape index (κ1) is 27.7. The molecule has 5 heteroatoms. The van der Waals surface area contributed by atoms with Crippen LogP contribution in [0, 0.1) is 0 Å². The Morgan fingerprint density at radius 2 is 1.37 bits per heavy atom. The van der Waals surface area contributed by atoms with Crippen LogP contribution in [0.2, 0.25) is 0 Å². The average molecular weight is 596 g/mol. The van der Waals surface area contributed by atoms with Gasteiger partial charge in [0.25, 0.3) is 0 Å². The Morgan fingerprint density at radius 1 is 0.630 bits per heavy atom. The second-order valence-electron chi connectivity index (χ2n) is 11.7. The Balaban J connectivity index is 1.12. The lowest BCUT2D eigenvalue weighted by Crippen LogP contribution is -2.16. The fourth-order valence-electron chi connectivity index (χ4n) is 6.23. The third-order valence-corrected chi connectivity index (χ3v) is 8.53. The van der Waals surface area contributed by atoms with E-state index in [1.54, 1.807) is 0 Å². The molecule has 0 saturated carbocycles. The predicted molar refractivity (Wildman–Crippen MR) is 187 cm³/mol. The summed E-state index contributed by atoms with van der Waals surface area (Å²) in [6.07, 6.45) is 11.2. The molecular formula is C41H33N5. The molecule has 46 heavy (non-hydrogen) atoms. The Hall–Kier alpha value is -5.81. The van der Waals surface area contributed by atoms with E-state index in [9.17, 15) is 0 Å². The van der Waals surface area contributed by atoms with E-state index in [1.807, 2.05) is 30.5 Å². The van der Waals surface area contributed by atoms with Crippen LogP contribution in [-0.2, 0) is 19.4 Å². The lowest BCUT2D eigenvalue weighted by Gasteiger charge is -2.26. The molecule has 0 bridgehead atoms. The van der Waals surface area contributed by atoms with Gasteiger partial charge in [0.05, 0.1) is 28.5 Å². The molecule has 0 radical (unpaired) electrons. The Labute approximate surface area is 269 Å². The van der Waals surface area contributed by atoms with Crippen molar-refractivity contribution in [2.24, 2.45) is 0 Å². The number of nitrogens with zero attached hydrogens (tertiary/aromatic N) is 5. The summed E-state index contributed by atoms with van der Waals surface area (Å²) in [4.78, 5) is 17.5. The molecule has 0 spiro atoms. The smallest absolute Gasteiger partial charge is 0.136 e. The third kappa shape index (κ3) is 5.71. The van der Waals surface area contributed by atoms with Crippen molar-refractivity contribution in [3.63, 3.8) is 0 Å². The van der Waals surface area contributed by atoms with Crippen molar-refractivity contribution in [2.75, 3.05) is 4.90 Å². The molecule has 4 aromatic carbocycles. The zero-order valence-electron chi connectivity index (χ0n) is 25.5. The number of para-hydroxylation sites is 1. The molecule has 0 N–H and O–H groups in total. The van der Waals surface area contributed by atoms with Crippen molar-refractivity contribution < 1.29 is 0 Å². The largest absolute Gasteiger partial charge is 0.337 e. The van der Waals surface area contributed by atoms with Gasteiger partial charge in [-0.05, 0) is 72.5 Å². The molecule has 0 unspecified atom stereocenters. The molecule has 0 atom stereocenters. The zero-order valence-corrected chi connectivity index (χ0v) is 25.5. The standard InChI is InChI=1S/C41H33N5/c1-3-13-32(14-4-1)40-41(44-38-19-8-7-18-37(38)43-40)33-15-11-12-31(26-33)28-46(35-16-5-2-6-17-35)36-23-21-30(22-24-36)27-34-29-45-25-10-9-20-39(45)42-34/h1-6,8-17,19-26,29H,7,18,27-28H2. The van der Waals surface area contributed by atoms with E-state index in [0.29, 0.717) is 6.54 Å². The first-order valence-corrected chi connectivity index (χ1v) is 15.8. The lowest BCUT2D eigenvalue weighted by molar-refractivity contribution is 0.907. The Morgan fingerprint density at radius 3 is 2.20 bits per heavy atom. The third-order valence-electron chi connectivity index (χ3n) is 8.53. The van der Waals surface area contributed by atoms with Gasteiger partial charge in [0.15, 0.2) is 0 Å². The van der Waals surface area contributed by atoms with Gasteiger partial charge >= 0.3 is 0 Å². The van der Waals surface area contributed by atoms with Crippen LogP contribution in [0.4, 0.5) is 11.4 Å². The highest BCUT2D eigenvalue weighted by molar-refractivity contribution is 5.79. The maximum Gasteiger partial charge on any atom is 0.136 e. The number of allylic oxidation sites excluding steroid dienone is 1. The predicted octanol–water partition coefficient (Wildman–Crippen LogP) is 9.35. The van der Waals surface area contributed by atoms with Crippen molar-refractivity contribution >= 4 is 23.1 Å². The number of anilines is 2. The highest BCUT2D eigenvalue weighted by Gasteiger charge is 2.18. The van der Waals surface area contributed by atoms with Crippen molar-refractivity contribution in [3.05, 3.63) is 174 Å². The molecule has 5 nitrogen and oxygen atoms in total. The Kier molecular flexibility index (Phi) is 7.41. The minimum absolute atomic E-state index is 0.711. The van der Waals surface area contributed by atoms with E-state index in [-0.39, 0.29) is 0 Å². The SMILES string of the molecule is C1=Cc2nc(-c3cccc(CN(c4ccccc4)c4ccc(Cc5cn6ccccc6n5)cc4)c3)c(-c3ccccc3)nc2CC1. The fraction of sp³-hybridized carbons (Fsp3) is 0.0976. The molecule has 0 fully saturated rings. The highest BCUT2D eigenvalue weighted by atomic mass is 15.1. The quantitative estimate of drug-likeness (QED) is 0.176. The number of aryl methyl sites for hydroxylation is 1. The molecule has 8 rings (SSSR count). The summed E-state index contributed by atoms with van der Waals surface area (Å²) in [5.74, 6) is 0. The first-order valence-electron chi connectivity index (χ1n) is 15.8. The summed E-state index contributed by atoms with van der Waals surface area (Å²) in [6.45, 7) is 0.711. The van der Waals surface area contributed by atoms with Crippen molar-refractivity contribution in [2.45, 2.75) is 25.8 Å². The molecule has 3 heterocycles. The summed E-state index contributed by atoms with van der Waals surface area (Å²) < 4.78 is 2.07. The molecule has 0 saturated heterocycles. The Bertz CT molecular complexity index is 2110.